The molecule has 296 valence electrons. The standard InChI is InChI=1S/C21H25F2N3O.C14H17N3.C6H10F2.CO2/c22-21(23)10-6-17(7-11-21)20(27)25-12-8-18(9-13-25)26-14-19(24-15-26)16-4-2-1-3-5-16;1-2-4-12(5-3-1)14-10-17(11-16-14)13-6-8-15-9-7-13;7-6(8)4-2-1-3-5-6;2-1-3/h1-5,14-15,17-18H,6-13H2;1-5,10-11,13,15H,6-9H2;1-5H2;. The molecule has 9 nitrogen and oxygen atoms in total. The van der Waals surface area contributed by atoms with Crippen molar-refractivity contribution in [2.75, 3.05) is 26.2 Å². The Bertz CT molecular complexity index is 1750. The summed E-state index contributed by atoms with van der Waals surface area (Å²) in [7, 11) is 0. The minimum absolute atomic E-state index is 0.0690. The summed E-state index contributed by atoms with van der Waals surface area (Å²) in [6.45, 7) is 3.61. The maximum atomic E-state index is 13.3. The quantitative estimate of drug-likeness (QED) is 0.204. The number of amides is 1. The van der Waals surface area contributed by atoms with Gasteiger partial charge < -0.3 is 19.4 Å². The number of nitrogens with zero attached hydrogens (tertiary/aromatic N) is 5. The third kappa shape index (κ3) is 12.7. The molecule has 55 heavy (non-hydrogen) atoms. The highest BCUT2D eigenvalue weighted by Gasteiger charge is 2.39. The number of halogens is 4. The van der Waals surface area contributed by atoms with Crippen LogP contribution in [-0.4, -0.2) is 74.1 Å². The zero-order valence-corrected chi connectivity index (χ0v) is 31.3. The van der Waals surface area contributed by atoms with Crippen molar-refractivity contribution in [2.45, 2.75) is 107 Å². The fraction of sp³-hybridized carbons (Fsp3) is 0.524. The van der Waals surface area contributed by atoms with Gasteiger partial charge >= 0.3 is 6.15 Å². The molecule has 4 aromatic rings. The fourth-order valence-corrected chi connectivity index (χ4v) is 7.69. The van der Waals surface area contributed by atoms with E-state index < -0.39 is 11.8 Å². The van der Waals surface area contributed by atoms with E-state index >= 15 is 0 Å². The third-order valence-corrected chi connectivity index (χ3v) is 10.9. The van der Waals surface area contributed by atoms with Gasteiger partial charge in [0.25, 0.3) is 0 Å². The molecule has 2 aromatic heterocycles. The number of rotatable bonds is 5. The molecule has 1 N–H and O–H groups in total. The number of piperidine rings is 2. The zero-order chi connectivity index (χ0) is 39.1. The van der Waals surface area contributed by atoms with Gasteiger partial charge in [-0.1, -0.05) is 67.1 Å². The highest BCUT2D eigenvalue weighted by atomic mass is 19.3. The van der Waals surface area contributed by atoms with Gasteiger partial charge in [-0.25, -0.2) is 27.5 Å². The van der Waals surface area contributed by atoms with Crippen LogP contribution in [0.5, 0.6) is 0 Å². The average Bonchev–Trinajstić information content (AvgIpc) is 3.92. The smallest absolute Gasteiger partial charge is 0.342 e. The summed E-state index contributed by atoms with van der Waals surface area (Å²) in [6.07, 6.45) is 15.5. The summed E-state index contributed by atoms with van der Waals surface area (Å²) in [5, 5.41) is 3.39. The number of imidazole rings is 2. The number of hydrogen-bond donors (Lipinski definition) is 1. The number of benzene rings is 2. The van der Waals surface area contributed by atoms with Crippen LogP contribution in [-0.2, 0) is 14.4 Å². The molecule has 0 spiro atoms. The van der Waals surface area contributed by atoms with Crippen LogP contribution in [0.3, 0.4) is 0 Å². The van der Waals surface area contributed by atoms with Crippen LogP contribution in [0.2, 0.25) is 0 Å². The molecule has 4 fully saturated rings. The lowest BCUT2D eigenvalue weighted by Crippen LogP contribution is -2.43. The first kappa shape index (κ1) is 41.6. The van der Waals surface area contributed by atoms with E-state index in [0.29, 0.717) is 50.9 Å². The van der Waals surface area contributed by atoms with Crippen LogP contribution in [0.4, 0.5) is 17.6 Å². The molecule has 1 amide bonds. The fourth-order valence-electron chi connectivity index (χ4n) is 7.69. The summed E-state index contributed by atoms with van der Waals surface area (Å²) in [5.41, 5.74) is 4.32. The summed E-state index contributed by atoms with van der Waals surface area (Å²) < 4.78 is 55.4. The first-order chi connectivity index (χ1) is 26.6. The van der Waals surface area contributed by atoms with Crippen LogP contribution in [0.15, 0.2) is 85.7 Å². The Labute approximate surface area is 320 Å². The molecule has 0 atom stereocenters. The predicted octanol–water partition coefficient (Wildman–Crippen LogP) is 9.02. The average molecular weight is 765 g/mol. The van der Waals surface area contributed by atoms with E-state index in [0.717, 1.165) is 49.3 Å². The van der Waals surface area contributed by atoms with Gasteiger partial charge in [0.2, 0.25) is 17.8 Å². The minimum atomic E-state index is -2.58. The van der Waals surface area contributed by atoms with E-state index in [1.54, 1.807) is 0 Å². The van der Waals surface area contributed by atoms with Crippen molar-refractivity contribution >= 4 is 12.1 Å². The summed E-state index contributed by atoms with van der Waals surface area (Å²) in [6, 6.07) is 21.4. The molecule has 8 rings (SSSR count). The van der Waals surface area contributed by atoms with Crippen LogP contribution < -0.4 is 5.32 Å². The van der Waals surface area contributed by atoms with E-state index in [9.17, 15) is 22.4 Å². The molecule has 0 radical (unpaired) electrons. The second-order valence-electron chi connectivity index (χ2n) is 14.8. The number of likely N-dealkylation sites (tertiary alicyclic amines) is 1. The Morgan fingerprint density at radius 1 is 0.636 bits per heavy atom. The monoisotopic (exact) mass is 764 g/mol. The van der Waals surface area contributed by atoms with Crippen LogP contribution in [0.1, 0.15) is 95.6 Å². The lowest BCUT2D eigenvalue weighted by atomic mass is 9.85. The van der Waals surface area contributed by atoms with Gasteiger partial charge in [0.1, 0.15) is 0 Å². The van der Waals surface area contributed by atoms with Crippen LogP contribution in [0.25, 0.3) is 22.5 Å². The van der Waals surface area contributed by atoms with Crippen molar-refractivity contribution in [3.8, 4) is 22.5 Å². The molecule has 4 aliphatic rings. The first-order valence-corrected chi connectivity index (χ1v) is 19.5. The van der Waals surface area contributed by atoms with Crippen LogP contribution in [0, 0.1) is 5.92 Å². The molecule has 2 aliphatic heterocycles. The molecule has 0 unspecified atom stereocenters. The normalized spacial score (nSPS) is 20.0. The van der Waals surface area contributed by atoms with E-state index in [4.69, 9.17) is 9.59 Å². The number of carbonyl (C=O) groups excluding carboxylic acids is 3. The Kier molecular flexibility index (Phi) is 15.4. The Hall–Kier alpha value is -4.61. The zero-order valence-electron chi connectivity index (χ0n) is 31.3. The van der Waals surface area contributed by atoms with Gasteiger partial charge in [-0.15, -0.1) is 0 Å². The van der Waals surface area contributed by atoms with E-state index in [-0.39, 0.29) is 43.7 Å². The van der Waals surface area contributed by atoms with Gasteiger partial charge in [0.15, 0.2) is 0 Å². The number of aromatic nitrogens is 4. The summed E-state index contributed by atoms with van der Waals surface area (Å²) >= 11 is 0. The van der Waals surface area contributed by atoms with E-state index in [1.165, 1.54) is 18.4 Å². The van der Waals surface area contributed by atoms with Gasteiger partial charge in [-0.05, 0) is 64.5 Å². The van der Waals surface area contributed by atoms with Crippen molar-refractivity contribution < 1.29 is 31.9 Å². The van der Waals surface area contributed by atoms with E-state index in [1.807, 2.05) is 54.0 Å². The van der Waals surface area contributed by atoms with Gasteiger partial charge in [0, 0.05) is 80.3 Å². The maximum Gasteiger partial charge on any atom is 0.373 e. The second-order valence-corrected chi connectivity index (χ2v) is 14.8. The molecule has 2 saturated carbocycles. The molecule has 0 bridgehead atoms. The van der Waals surface area contributed by atoms with Crippen LogP contribution >= 0.6 is 0 Å². The molecular weight excluding hydrogens is 712 g/mol. The molecule has 2 saturated heterocycles. The molecular formula is C42H52F4N6O3. The van der Waals surface area contributed by atoms with Gasteiger partial charge in [0.05, 0.1) is 24.0 Å². The second kappa shape index (κ2) is 20.3. The molecule has 4 heterocycles. The molecule has 2 aliphatic carbocycles. The highest BCUT2D eigenvalue weighted by Crippen LogP contribution is 2.38. The lowest BCUT2D eigenvalue weighted by molar-refractivity contribution is -0.191. The lowest BCUT2D eigenvalue weighted by Gasteiger charge is -2.36. The van der Waals surface area contributed by atoms with Crippen molar-refractivity contribution in [2.24, 2.45) is 5.92 Å². The third-order valence-electron chi connectivity index (χ3n) is 10.9. The SMILES string of the molecule is FC1(F)CCCCC1.O=C(C1CCC(F)(F)CC1)N1CCC(n2cnc(-c3ccccc3)c2)CC1.O=C=O.c1ccc(-c2cn(C3CCNCC3)cn2)cc1. The number of carbonyl (C=O) groups is 1. The predicted molar refractivity (Wildman–Crippen MR) is 201 cm³/mol. The largest absolute Gasteiger partial charge is 0.373 e. The first-order valence-electron chi connectivity index (χ1n) is 19.5. The Morgan fingerprint density at radius 3 is 1.51 bits per heavy atom. The highest BCUT2D eigenvalue weighted by molar-refractivity contribution is 5.79. The van der Waals surface area contributed by atoms with Crippen molar-refractivity contribution in [1.29, 1.82) is 0 Å². The summed E-state index contributed by atoms with van der Waals surface area (Å²) in [5.74, 6) is -5.06. The molecule has 13 heteroatoms. The molecule has 2 aromatic carbocycles. The number of hydrogen-bond acceptors (Lipinski definition) is 6. The van der Waals surface area contributed by atoms with E-state index in [2.05, 4.69) is 61.1 Å². The van der Waals surface area contributed by atoms with Crippen molar-refractivity contribution in [3.05, 3.63) is 85.7 Å². The van der Waals surface area contributed by atoms with Crippen molar-refractivity contribution in [3.63, 3.8) is 0 Å². The number of alkyl halides is 4. The Balaban J connectivity index is 0.000000175. The van der Waals surface area contributed by atoms with Gasteiger partial charge in [-0.3, -0.25) is 4.79 Å². The maximum absolute atomic E-state index is 13.3. The van der Waals surface area contributed by atoms with Crippen molar-refractivity contribution in [1.82, 2.24) is 29.3 Å². The summed E-state index contributed by atoms with van der Waals surface area (Å²) in [4.78, 5) is 39.8. The topological polar surface area (TPSA) is 102 Å². The minimum Gasteiger partial charge on any atom is -0.342 e. The van der Waals surface area contributed by atoms with Gasteiger partial charge in [-0.2, -0.15) is 9.59 Å². The number of nitrogens with one attached hydrogen (secondary N) is 1. The Morgan fingerprint density at radius 2 is 1.07 bits per heavy atom.